The molecular weight excluding hydrogens is 342 g/mol. The van der Waals surface area contributed by atoms with Gasteiger partial charge in [0.2, 0.25) is 0 Å². The maximum Gasteiger partial charge on any atom is 2.00 e. The van der Waals surface area contributed by atoms with Crippen LogP contribution in [0.1, 0.15) is 2.85 Å². The van der Waals surface area contributed by atoms with Crippen LogP contribution < -0.4 is 0 Å². The van der Waals surface area contributed by atoms with Crippen molar-refractivity contribution in [1.82, 2.24) is 0 Å². The zero-order chi connectivity index (χ0) is 0. The molecule has 0 fully saturated rings. The van der Waals surface area contributed by atoms with Gasteiger partial charge in [-0.3, -0.25) is 0 Å². The normalized spacial score (nSPS) is 0. The summed E-state index contributed by atoms with van der Waals surface area (Å²) in [6.45, 7) is 0. The summed E-state index contributed by atoms with van der Waals surface area (Å²) in [5.74, 6) is 0. The van der Waals surface area contributed by atoms with Crippen molar-refractivity contribution >= 4 is 23.1 Å². The van der Waals surface area contributed by atoms with E-state index >= 15 is 0 Å². The topological polar surface area (TPSA) is 31.5 Å². The zero-order valence-corrected chi connectivity index (χ0v) is 8.64. The van der Waals surface area contributed by atoms with E-state index in [1.165, 1.54) is 0 Å². The molecule has 0 spiro atoms. The van der Waals surface area contributed by atoms with Crippen LogP contribution in [0.2, 0.25) is 0 Å². The van der Waals surface area contributed by atoms with Gasteiger partial charge in [-0.25, -0.2) is 0 Å². The predicted molar refractivity (Wildman–Crippen MR) is 11.6 cm³/mol. The van der Waals surface area contributed by atoms with Gasteiger partial charge in [0.1, 0.15) is 0 Å². The first kappa shape index (κ1) is 52.3. The fourth-order valence-electron chi connectivity index (χ4n) is 0. The Hall–Kier alpha value is 2.41. The molecule has 0 heterocycles. The molecule has 0 amide bonds. The molecule has 0 saturated carbocycles. The van der Waals surface area contributed by atoms with E-state index in [1.54, 1.807) is 0 Å². The SMILES string of the molecule is O.[Co].[H-].[H-].[Mg+2].[Ni].[W]. The van der Waals surface area contributed by atoms with Gasteiger partial charge in [-0.2, -0.15) is 0 Å². The molecule has 0 bridgehead atoms. The van der Waals surface area contributed by atoms with Crippen LogP contribution in [0.25, 0.3) is 0 Å². The Balaban J connectivity index is 0. The molecule has 0 aliphatic heterocycles. The average molecular weight is 346 g/mol. The van der Waals surface area contributed by atoms with Gasteiger partial charge in [-0.15, -0.1) is 0 Å². The minimum absolute atomic E-state index is 0. The van der Waals surface area contributed by atoms with Crippen LogP contribution in [0, 0.1) is 0 Å². The first-order valence-corrected chi connectivity index (χ1v) is 0. The van der Waals surface area contributed by atoms with Crippen LogP contribution in [0.3, 0.4) is 0 Å². The van der Waals surface area contributed by atoms with Crippen LogP contribution >= 0.6 is 0 Å². The van der Waals surface area contributed by atoms with Crippen LogP contribution in [0.5, 0.6) is 0 Å². The van der Waals surface area contributed by atoms with Crippen LogP contribution in [0.15, 0.2) is 0 Å². The third-order valence-electron chi connectivity index (χ3n) is 0. The first-order valence-electron chi connectivity index (χ1n) is 0. The number of hydrogen-bond donors (Lipinski definition) is 0. The van der Waals surface area contributed by atoms with Gasteiger partial charge in [0.05, 0.1) is 0 Å². The number of rotatable bonds is 0. The van der Waals surface area contributed by atoms with E-state index < -0.39 is 0 Å². The van der Waals surface area contributed by atoms with Gasteiger partial charge in [-0.1, -0.05) is 0 Å². The van der Waals surface area contributed by atoms with Crippen molar-refractivity contribution in [3.63, 3.8) is 0 Å². The second kappa shape index (κ2) is 32.3. The molecular formula is H4CoMgNiOW. The van der Waals surface area contributed by atoms with E-state index in [4.69, 9.17) is 0 Å². The summed E-state index contributed by atoms with van der Waals surface area (Å²) in [6.07, 6.45) is 0. The molecule has 0 aromatic rings. The monoisotopic (exact) mass is 345 g/mol. The van der Waals surface area contributed by atoms with Gasteiger partial charge in [0.15, 0.2) is 0 Å². The Labute approximate surface area is 84.8 Å². The smallest absolute Gasteiger partial charge is 1.00 e. The standard InChI is InChI=1S/Co.Mg.Ni.H2O.W.2H/h;;;1H2;;;/q;+2;;;;2*-1. The summed E-state index contributed by atoms with van der Waals surface area (Å²) in [5.41, 5.74) is 0. The predicted octanol–water partition coefficient (Wildman–Crippen LogP) is -0.988. The van der Waals surface area contributed by atoms with E-state index in [0.29, 0.717) is 0 Å². The molecule has 0 rings (SSSR count). The fourth-order valence-corrected chi connectivity index (χ4v) is 0. The summed E-state index contributed by atoms with van der Waals surface area (Å²) >= 11 is 0. The molecule has 0 unspecified atom stereocenters. The van der Waals surface area contributed by atoms with Crippen molar-refractivity contribution in [2.75, 3.05) is 0 Å². The summed E-state index contributed by atoms with van der Waals surface area (Å²) in [5, 5.41) is 0. The molecule has 0 aliphatic rings. The molecule has 0 saturated heterocycles. The quantitative estimate of drug-likeness (QED) is 0.505. The summed E-state index contributed by atoms with van der Waals surface area (Å²) in [4.78, 5) is 0. The molecule has 5 heteroatoms. The van der Waals surface area contributed by atoms with Gasteiger partial charge < -0.3 is 8.33 Å². The Morgan fingerprint density at radius 3 is 1.20 bits per heavy atom. The molecule has 1 radical (unpaired) electrons. The second-order valence-electron chi connectivity index (χ2n) is 0. The van der Waals surface area contributed by atoms with Crippen LogP contribution in [-0.2, 0) is 54.3 Å². The molecule has 0 aromatic heterocycles. The molecule has 5 heavy (non-hydrogen) atoms. The van der Waals surface area contributed by atoms with Crippen LogP contribution in [0.4, 0.5) is 0 Å². The summed E-state index contributed by atoms with van der Waals surface area (Å²) < 4.78 is 0. The van der Waals surface area contributed by atoms with Crippen LogP contribution in [-0.4, -0.2) is 28.5 Å². The summed E-state index contributed by atoms with van der Waals surface area (Å²) in [6, 6.07) is 0. The maximum atomic E-state index is 0. The van der Waals surface area contributed by atoms with Gasteiger partial charge in [-0.05, 0) is 0 Å². The molecule has 2 N–H and O–H groups in total. The molecule has 1 nitrogen and oxygen atoms in total. The Bertz CT molecular complexity index is 17.7. The zero-order valence-electron chi connectivity index (χ0n) is 4.26. The Morgan fingerprint density at radius 1 is 1.20 bits per heavy atom. The number of hydrogen-bond acceptors (Lipinski definition) is 0. The Kier molecular flexibility index (Phi) is 338. The van der Waals surface area contributed by atoms with Crippen molar-refractivity contribution < 1.29 is 62.7 Å². The van der Waals surface area contributed by atoms with Crippen molar-refractivity contribution in [2.45, 2.75) is 0 Å². The minimum Gasteiger partial charge on any atom is -1.00 e. The molecule has 37 valence electrons. The maximum absolute atomic E-state index is 0. The van der Waals surface area contributed by atoms with Gasteiger partial charge in [0, 0.05) is 54.3 Å². The van der Waals surface area contributed by atoms with E-state index in [0.717, 1.165) is 0 Å². The van der Waals surface area contributed by atoms with E-state index in [9.17, 15) is 0 Å². The molecule has 0 atom stereocenters. The van der Waals surface area contributed by atoms with Crippen molar-refractivity contribution in [1.29, 1.82) is 0 Å². The van der Waals surface area contributed by atoms with Crippen molar-refractivity contribution in [3.05, 3.63) is 0 Å². The third-order valence-corrected chi connectivity index (χ3v) is 0. The first-order chi connectivity index (χ1) is 0. The van der Waals surface area contributed by atoms with E-state index in [2.05, 4.69) is 0 Å². The Morgan fingerprint density at radius 2 is 1.20 bits per heavy atom. The second-order valence-corrected chi connectivity index (χ2v) is 0. The largest absolute Gasteiger partial charge is 2.00 e. The van der Waals surface area contributed by atoms with Gasteiger partial charge in [0.25, 0.3) is 0 Å². The molecule has 0 aromatic carbocycles. The van der Waals surface area contributed by atoms with E-state index in [1.807, 2.05) is 0 Å². The van der Waals surface area contributed by atoms with Crippen molar-refractivity contribution in [2.24, 2.45) is 0 Å². The van der Waals surface area contributed by atoms with Gasteiger partial charge >= 0.3 is 23.1 Å². The van der Waals surface area contributed by atoms with E-state index in [-0.39, 0.29) is 85.7 Å². The fraction of sp³-hybridized carbons (Fsp3) is 0. The average Bonchev–Trinajstić information content (AvgIpc) is 0. The van der Waals surface area contributed by atoms with Crippen molar-refractivity contribution in [3.8, 4) is 0 Å². The molecule has 0 aliphatic carbocycles. The third kappa shape index (κ3) is 21.4. The summed E-state index contributed by atoms with van der Waals surface area (Å²) in [7, 11) is 0. The minimum atomic E-state index is 0.